The second-order valence-corrected chi connectivity index (χ2v) is 6.75. The average Bonchev–Trinajstić information content (AvgIpc) is 2.64. The normalized spacial score (nSPS) is 11.9. The molecule has 0 aromatic heterocycles. The SMILES string of the molecule is CCOC(C)Oc1ccc(-c2ccc(Sc3ccccc3)cc2)cc1. The van der Waals surface area contributed by atoms with Crippen molar-refractivity contribution < 1.29 is 9.47 Å². The Labute approximate surface area is 153 Å². The second-order valence-electron chi connectivity index (χ2n) is 5.60. The lowest BCUT2D eigenvalue weighted by molar-refractivity contribution is -0.0613. The maximum atomic E-state index is 5.71. The third-order valence-electron chi connectivity index (χ3n) is 3.72. The highest BCUT2D eigenvalue weighted by atomic mass is 32.2. The van der Waals surface area contributed by atoms with Crippen LogP contribution in [0.1, 0.15) is 13.8 Å². The summed E-state index contributed by atoms with van der Waals surface area (Å²) in [5.41, 5.74) is 2.37. The topological polar surface area (TPSA) is 18.5 Å². The first-order chi connectivity index (χ1) is 12.2. The van der Waals surface area contributed by atoms with Crippen LogP contribution in [-0.4, -0.2) is 12.9 Å². The molecule has 3 heteroatoms. The van der Waals surface area contributed by atoms with Gasteiger partial charge in [0.15, 0.2) is 6.29 Å². The van der Waals surface area contributed by atoms with E-state index >= 15 is 0 Å². The summed E-state index contributed by atoms with van der Waals surface area (Å²) in [6.45, 7) is 4.51. The molecule has 2 nitrogen and oxygen atoms in total. The third-order valence-corrected chi connectivity index (χ3v) is 4.74. The zero-order valence-corrected chi connectivity index (χ0v) is 15.3. The molecule has 0 fully saturated rings. The summed E-state index contributed by atoms with van der Waals surface area (Å²) >= 11 is 1.77. The Balaban J connectivity index is 1.65. The molecular weight excluding hydrogens is 328 g/mol. The zero-order valence-electron chi connectivity index (χ0n) is 14.5. The molecule has 0 radical (unpaired) electrons. The fourth-order valence-electron chi connectivity index (χ4n) is 2.53. The Bertz CT molecular complexity index is 767. The van der Waals surface area contributed by atoms with E-state index in [-0.39, 0.29) is 6.29 Å². The Kier molecular flexibility index (Phi) is 6.15. The van der Waals surface area contributed by atoms with Crippen LogP contribution >= 0.6 is 11.8 Å². The van der Waals surface area contributed by atoms with E-state index in [9.17, 15) is 0 Å². The highest BCUT2D eigenvalue weighted by Crippen LogP contribution is 2.30. The lowest BCUT2D eigenvalue weighted by Crippen LogP contribution is -2.15. The zero-order chi connectivity index (χ0) is 17.5. The molecule has 0 heterocycles. The fourth-order valence-corrected chi connectivity index (χ4v) is 3.36. The van der Waals surface area contributed by atoms with Crippen molar-refractivity contribution in [2.75, 3.05) is 6.61 Å². The van der Waals surface area contributed by atoms with E-state index in [1.165, 1.54) is 20.9 Å². The molecule has 0 saturated heterocycles. The van der Waals surface area contributed by atoms with Crippen LogP contribution in [0.2, 0.25) is 0 Å². The van der Waals surface area contributed by atoms with Gasteiger partial charge in [-0.3, -0.25) is 0 Å². The number of hydrogen-bond acceptors (Lipinski definition) is 3. The highest BCUT2D eigenvalue weighted by Gasteiger charge is 2.04. The van der Waals surface area contributed by atoms with Crippen LogP contribution in [0, 0.1) is 0 Å². The molecule has 128 valence electrons. The van der Waals surface area contributed by atoms with Gasteiger partial charge in [-0.25, -0.2) is 0 Å². The van der Waals surface area contributed by atoms with E-state index < -0.39 is 0 Å². The largest absolute Gasteiger partial charge is 0.465 e. The Morgan fingerprint density at radius 1 is 0.760 bits per heavy atom. The van der Waals surface area contributed by atoms with Gasteiger partial charge in [0.2, 0.25) is 0 Å². The van der Waals surface area contributed by atoms with Crippen LogP contribution in [0.15, 0.2) is 88.7 Å². The van der Waals surface area contributed by atoms with Gasteiger partial charge in [0, 0.05) is 16.4 Å². The predicted molar refractivity (Wildman–Crippen MR) is 104 cm³/mol. The fraction of sp³-hybridized carbons (Fsp3) is 0.182. The molecular formula is C22H22O2S. The number of ether oxygens (including phenoxy) is 2. The van der Waals surface area contributed by atoms with Crippen LogP contribution < -0.4 is 4.74 Å². The van der Waals surface area contributed by atoms with Gasteiger partial charge in [-0.05, 0) is 61.4 Å². The molecule has 0 aliphatic heterocycles. The number of benzene rings is 3. The van der Waals surface area contributed by atoms with Crippen LogP contribution in [0.25, 0.3) is 11.1 Å². The summed E-state index contributed by atoms with van der Waals surface area (Å²) in [7, 11) is 0. The molecule has 3 rings (SSSR count). The van der Waals surface area contributed by atoms with Gasteiger partial charge in [-0.2, -0.15) is 0 Å². The van der Waals surface area contributed by atoms with Crippen LogP contribution in [0.5, 0.6) is 5.75 Å². The van der Waals surface area contributed by atoms with Crippen molar-refractivity contribution in [2.45, 2.75) is 29.9 Å². The first-order valence-corrected chi connectivity index (χ1v) is 9.28. The van der Waals surface area contributed by atoms with Crippen molar-refractivity contribution in [3.05, 3.63) is 78.9 Å². The molecule has 3 aromatic rings. The molecule has 0 amide bonds. The summed E-state index contributed by atoms with van der Waals surface area (Å²) in [6.07, 6.45) is -0.231. The van der Waals surface area contributed by atoms with Crippen molar-refractivity contribution in [3.8, 4) is 16.9 Å². The lowest BCUT2D eigenvalue weighted by Gasteiger charge is -2.14. The van der Waals surface area contributed by atoms with Crippen molar-refractivity contribution in [1.82, 2.24) is 0 Å². The highest BCUT2D eigenvalue weighted by molar-refractivity contribution is 7.99. The standard InChI is InChI=1S/C22H22O2S/c1-3-23-17(2)24-20-13-9-18(10-14-20)19-11-15-22(16-12-19)25-21-7-5-4-6-8-21/h4-17H,3H2,1-2H3. The monoisotopic (exact) mass is 350 g/mol. The minimum Gasteiger partial charge on any atom is -0.465 e. The minimum atomic E-state index is -0.231. The van der Waals surface area contributed by atoms with Gasteiger partial charge < -0.3 is 9.47 Å². The van der Waals surface area contributed by atoms with Gasteiger partial charge in [-0.1, -0.05) is 54.2 Å². The summed E-state index contributed by atoms with van der Waals surface area (Å²) in [4.78, 5) is 2.49. The molecule has 25 heavy (non-hydrogen) atoms. The van der Waals surface area contributed by atoms with Crippen molar-refractivity contribution in [2.24, 2.45) is 0 Å². The smallest absolute Gasteiger partial charge is 0.196 e. The van der Waals surface area contributed by atoms with Gasteiger partial charge in [-0.15, -0.1) is 0 Å². The van der Waals surface area contributed by atoms with Gasteiger partial charge >= 0.3 is 0 Å². The van der Waals surface area contributed by atoms with Gasteiger partial charge in [0.25, 0.3) is 0 Å². The van der Waals surface area contributed by atoms with E-state index in [1.807, 2.05) is 32.0 Å². The van der Waals surface area contributed by atoms with E-state index in [1.54, 1.807) is 11.8 Å². The van der Waals surface area contributed by atoms with E-state index in [2.05, 4.69) is 60.7 Å². The molecule has 0 spiro atoms. The molecule has 0 aliphatic carbocycles. The Morgan fingerprint density at radius 3 is 1.92 bits per heavy atom. The van der Waals surface area contributed by atoms with Crippen LogP contribution in [0.3, 0.4) is 0 Å². The quantitative estimate of drug-likeness (QED) is 0.468. The first-order valence-electron chi connectivity index (χ1n) is 8.46. The maximum absolute atomic E-state index is 5.71. The molecule has 0 N–H and O–H groups in total. The Hall–Kier alpha value is -2.23. The van der Waals surface area contributed by atoms with E-state index in [0.717, 1.165) is 5.75 Å². The van der Waals surface area contributed by atoms with Gasteiger partial charge in [0.1, 0.15) is 5.75 Å². The minimum absolute atomic E-state index is 0.231. The molecule has 0 aliphatic rings. The van der Waals surface area contributed by atoms with E-state index in [4.69, 9.17) is 9.47 Å². The number of hydrogen-bond donors (Lipinski definition) is 0. The third kappa shape index (κ3) is 5.12. The second kappa shape index (κ2) is 8.75. The number of rotatable bonds is 7. The van der Waals surface area contributed by atoms with Crippen LogP contribution in [-0.2, 0) is 4.74 Å². The van der Waals surface area contributed by atoms with Gasteiger partial charge in [0.05, 0.1) is 0 Å². The summed E-state index contributed by atoms with van der Waals surface area (Å²) in [5, 5.41) is 0. The van der Waals surface area contributed by atoms with Crippen molar-refractivity contribution >= 4 is 11.8 Å². The summed E-state index contributed by atoms with van der Waals surface area (Å²) in [6, 6.07) is 27.2. The molecule has 1 unspecified atom stereocenters. The molecule has 0 bridgehead atoms. The predicted octanol–water partition coefficient (Wildman–Crippen LogP) is 6.27. The van der Waals surface area contributed by atoms with Crippen molar-refractivity contribution in [1.29, 1.82) is 0 Å². The average molecular weight is 350 g/mol. The molecule has 3 aromatic carbocycles. The molecule has 1 atom stereocenters. The Morgan fingerprint density at radius 2 is 1.32 bits per heavy atom. The first kappa shape index (κ1) is 17.6. The lowest BCUT2D eigenvalue weighted by atomic mass is 10.1. The van der Waals surface area contributed by atoms with Crippen LogP contribution in [0.4, 0.5) is 0 Å². The van der Waals surface area contributed by atoms with E-state index in [0.29, 0.717) is 6.61 Å². The van der Waals surface area contributed by atoms with Crippen molar-refractivity contribution in [3.63, 3.8) is 0 Å². The maximum Gasteiger partial charge on any atom is 0.196 e. The summed E-state index contributed by atoms with van der Waals surface area (Å²) < 4.78 is 11.1. The summed E-state index contributed by atoms with van der Waals surface area (Å²) in [5.74, 6) is 0.820. The molecule has 0 saturated carbocycles.